The minimum atomic E-state index is 0.0290. The van der Waals surface area contributed by atoms with Gasteiger partial charge < -0.3 is 29.2 Å². The summed E-state index contributed by atoms with van der Waals surface area (Å²) >= 11 is 26.3. The van der Waals surface area contributed by atoms with Crippen LogP contribution in [0.2, 0.25) is 20.1 Å². The smallest absolute Gasteiger partial charge is 0.245 e. The van der Waals surface area contributed by atoms with Gasteiger partial charge in [0.2, 0.25) is 5.91 Å². The van der Waals surface area contributed by atoms with Crippen LogP contribution in [0.25, 0.3) is 44.1 Å². The summed E-state index contributed by atoms with van der Waals surface area (Å²) in [4.78, 5) is 32.4. The van der Waals surface area contributed by atoms with Gasteiger partial charge in [-0.3, -0.25) is 4.79 Å². The second kappa shape index (κ2) is 17.8. The van der Waals surface area contributed by atoms with Crippen LogP contribution in [0.1, 0.15) is 37.3 Å². The van der Waals surface area contributed by atoms with E-state index in [1.54, 1.807) is 40.6 Å². The Morgan fingerprint density at radius 2 is 1.08 bits per heavy atom. The van der Waals surface area contributed by atoms with Crippen molar-refractivity contribution in [3.05, 3.63) is 105 Å². The van der Waals surface area contributed by atoms with Crippen LogP contribution in [0.5, 0.6) is 23.0 Å². The van der Waals surface area contributed by atoms with E-state index < -0.39 is 0 Å². The molecule has 0 radical (unpaired) electrons. The van der Waals surface area contributed by atoms with Crippen molar-refractivity contribution in [1.82, 2.24) is 30.2 Å². The highest BCUT2D eigenvalue weighted by Crippen LogP contribution is 2.53. The lowest BCUT2D eigenvalue weighted by Crippen LogP contribution is -2.63. The maximum Gasteiger partial charge on any atom is 0.245 e. The molecule has 2 saturated carbocycles. The van der Waals surface area contributed by atoms with Crippen molar-refractivity contribution in [2.75, 3.05) is 54.6 Å². The van der Waals surface area contributed by atoms with Crippen LogP contribution in [-0.4, -0.2) is 85.4 Å². The molecule has 10 rings (SSSR count). The molecule has 0 bridgehead atoms. The molecule has 1 amide bonds. The Morgan fingerprint density at radius 3 is 1.44 bits per heavy atom. The van der Waals surface area contributed by atoms with Crippen molar-refractivity contribution in [2.24, 2.45) is 22.7 Å². The van der Waals surface area contributed by atoms with Gasteiger partial charge in [0.05, 0.1) is 59.6 Å². The number of ether oxygens (including phenoxy) is 4. The predicted octanol–water partition coefficient (Wildman–Crippen LogP) is 10.8. The van der Waals surface area contributed by atoms with E-state index in [4.69, 9.17) is 75.3 Å². The van der Waals surface area contributed by atoms with E-state index >= 15 is 0 Å². The topological polar surface area (TPSA) is 121 Å². The SMILES string of the molecule is C=CC(=O)N1CC2(CC(Cc3ncc4cc(-c5c(Cl)c(OC)cc(OC)c5Cl)ccc4n3)C2)C1.COc1cc(OC)c(Cl)c(-c2ccc3nc(CC4CC5(CNC5)C4)ncc3c2)c1Cl. The average Bonchev–Trinajstić information content (AvgIpc) is 3.24. The Bertz CT molecular complexity index is 2740. The molecule has 2 aliphatic carbocycles. The van der Waals surface area contributed by atoms with E-state index in [1.165, 1.54) is 32.0 Å². The van der Waals surface area contributed by atoms with Gasteiger partial charge in [-0.05, 0) is 84.4 Å². The molecule has 2 spiro atoms. The number of aromatic nitrogens is 4. The van der Waals surface area contributed by atoms with E-state index in [-0.39, 0.29) is 5.91 Å². The Balaban J connectivity index is 0.000000163. The molecule has 4 fully saturated rings. The maximum absolute atomic E-state index is 11.7. The summed E-state index contributed by atoms with van der Waals surface area (Å²) in [6.07, 6.45) is 11.7. The van der Waals surface area contributed by atoms with E-state index in [1.807, 2.05) is 53.7 Å². The number of amides is 1. The molecule has 4 aliphatic rings. The maximum atomic E-state index is 11.7. The molecule has 2 saturated heterocycles. The standard InChI is InChI=1S/C26H25Cl2N3O3.C23H23Cl2N3O2/c1-4-22(32)31-13-26(14-31)10-15(11-26)7-21-29-12-17-8-16(5-6-18(17)30-21)23-24(27)19(33-2)9-20(34-3)25(23)28;1-29-17-7-18(30-2)22(25)20(21(17)24)14-3-4-16-15(6-14)10-27-19(28-16)5-13-8-23(9-13)11-26-12-23/h4-6,8-9,12,15H,1,7,10-11,13-14H2,2-3H3;3-4,6-7,10,13,26H,5,8-9,11-12H2,1-2H3. The molecular weight excluding hydrogens is 894 g/mol. The Kier molecular flexibility index (Phi) is 12.3. The van der Waals surface area contributed by atoms with Crippen LogP contribution in [0.3, 0.4) is 0 Å². The summed E-state index contributed by atoms with van der Waals surface area (Å²) in [5, 5.41) is 6.98. The zero-order valence-electron chi connectivity index (χ0n) is 36.1. The fourth-order valence-electron chi connectivity index (χ4n) is 10.1. The molecule has 15 heteroatoms. The van der Waals surface area contributed by atoms with Crippen LogP contribution in [0.4, 0.5) is 0 Å². The molecule has 11 nitrogen and oxygen atoms in total. The molecular formula is C49H48Cl4N6O5. The molecule has 64 heavy (non-hydrogen) atoms. The number of benzene rings is 4. The number of fused-ring (bicyclic) bond motifs is 2. The predicted molar refractivity (Wildman–Crippen MR) is 254 cm³/mol. The van der Waals surface area contributed by atoms with Crippen molar-refractivity contribution in [2.45, 2.75) is 38.5 Å². The normalized spacial score (nSPS) is 18.0. The molecule has 1 N–H and O–H groups in total. The quantitative estimate of drug-likeness (QED) is 0.126. The largest absolute Gasteiger partial charge is 0.495 e. The van der Waals surface area contributed by atoms with Gasteiger partial charge in [0.15, 0.2) is 0 Å². The van der Waals surface area contributed by atoms with Gasteiger partial charge >= 0.3 is 0 Å². The third-order valence-electron chi connectivity index (χ3n) is 13.4. The van der Waals surface area contributed by atoms with Crippen molar-refractivity contribution in [3.8, 4) is 45.3 Å². The van der Waals surface area contributed by atoms with Crippen LogP contribution >= 0.6 is 46.4 Å². The number of nitrogens with one attached hydrogen (secondary N) is 1. The lowest BCUT2D eigenvalue weighted by Gasteiger charge is -2.59. The number of methoxy groups -OCH3 is 4. The zero-order valence-corrected chi connectivity index (χ0v) is 39.1. The van der Waals surface area contributed by atoms with E-state index in [0.717, 1.165) is 83.4 Å². The minimum Gasteiger partial charge on any atom is -0.495 e. The summed E-state index contributed by atoms with van der Waals surface area (Å²) in [5.74, 6) is 5.06. The third-order valence-corrected chi connectivity index (χ3v) is 14.9. The van der Waals surface area contributed by atoms with Gasteiger partial charge in [-0.15, -0.1) is 0 Å². The molecule has 4 aromatic carbocycles. The molecule has 2 aromatic heterocycles. The molecule has 0 unspecified atom stereocenters. The lowest BCUT2D eigenvalue weighted by molar-refractivity contribution is -0.149. The summed E-state index contributed by atoms with van der Waals surface area (Å²) in [5.41, 5.74) is 5.69. The first-order valence-electron chi connectivity index (χ1n) is 21.2. The van der Waals surface area contributed by atoms with Crippen molar-refractivity contribution >= 4 is 74.1 Å². The minimum absolute atomic E-state index is 0.0290. The second-order valence-corrected chi connectivity index (χ2v) is 19.2. The van der Waals surface area contributed by atoms with Crippen LogP contribution in [0.15, 0.2) is 73.6 Å². The van der Waals surface area contributed by atoms with Crippen molar-refractivity contribution in [3.63, 3.8) is 0 Å². The van der Waals surface area contributed by atoms with Gasteiger partial charge in [-0.2, -0.15) is 0 Å². The highest BCUT2D eigenvalue weighted by atomic mass is 35.5. The third kappa shape index (κ3) is 8.30. The summed E-state index contributed by atoms with van der Waals surface area (Å²) in [6.45, 7) is 7.59. The first-order chi connectivity index (χ1) is 30.9. The number of likely N-dealkylation sites (tertiary alicyclic amines) is 1. The summed E-state index contributed by atoms with van der Waals surface area (Å²) in [6, 6.07) is 15.2. The van der Waals surface area contributed by atoms with Crippen molar-refractivity contribution in [1.29, 1.82) is 0 Å². The van der Waals surface area contributed by atoms with E-state index in [2.05, 4.69) is 21.9 Å². The monoisotopic (exact) mass is 940 g/mol. The summed E-state index contributed by atoms with van der Waals surface area (Å²) in [7, 11) is 6.25. The van der Waals surface area contributed by atoms with Gasteiger partial charge in [0.25, 0.3) is 0 Å². The number of carbonyl (C=O) groups is 1. The Labute approximate surface area is 392 Å². The number of hydrogen-bond acceptors (Lipinski definition) is 10. The van der Waals surface area contributed by atoms with Gasteiger partial charge in [0, 0.05) is 90.9 Å². The number of halogens is 4. The molecule has 0 atom stereocenters. The van der Waals surface area contributed by atoms with Crippen LogP contribution in [-0.2, 0) is 17.6 Å². The van der Waals surface area contributed by atoms with Crippen molar-refractivity contribution < 1.29 is 23.7 Å². The van der Waals surface area contributed by atoms with E-state index in [0.29, 0.717) is 76.9 Å². The van der Waals surface area contributed by atoms with Gasteiger partial charge in [-0.1, -0.05) is 65.1 Å². The number of carbonyl (C=O) groups excluding carboxylic acids is 1. The highest BCUT2D eigenvalue weighted by Gasteiger charge is 2.53. The molecule has 4 heterocycles. The summed E-state index contributed by atoms with van der Waals surface area (Å²) < 4.78 is 21.6. The number of rotatable bonds is 11. The van der Waals surface area contributed by atoms with Gasteiger partial charge in [0.1, 0.15) is 34.6 Å². The first kappa shape index (κ1) is 44.3. The molecule has 332 valence electrons. The second-order valence-electron chi connectivity index (χ2n) is 17.6. The number of hydrogen-bond donors (Lipinski definition) is 1. The Hall–Kier alpha value is -4.91. The fourth-order valence-corrected chi connectivity index (χ4v) is 11.6. The fraction of sp³-hybridized carbons (Fsp3) is 0.367. The van der Waals surface area contributed by atoms with E-state index in [9.17, 15) is 4.79 Å². The van der Waals surface area contributed by atoms with Gasteiger partial charge in [-0.25, -0.2) is 19.9 Å². The molecule has 6 aromatic rings. The van der Waals surface area contributed by atoms with Crippen LogP contribution < -0.4 is 24.3 Å². The molecule has 2 aliphatic heterocycles. The lowest BCUT2D eigenvalue weighted by atomic mass is 9.57. The number of nitrogens with zero attached hydrogens (tertiary/aromatic N) is 5. The average molecular weight is 943 g/mol. The Morgan fingerprint density at radius 1 is 0.672 bits per heavy atom. The zero-order chi connectivity index (χ0) is 44.9. The highest BCUT2D eigenvalue weighted by molar-refractivity contribution is 6.42. The first-order valence-corrected chi connectivity index (χ1v) is 22.7. The van der Waals surface area contributed by atoms with Crippen LogP contribution in [0, 0.1) is 22.7 Å².